The Labute approximate surface area is 150 Å². The SMILES string of the molecule is C=C(NC1CC(C)(C)CC(C)(CNC(=O)OCF)C1)ON=C(C)CC. The maximum absolute atomic E-state index is 12.1. The van der Waals surface area contributed by atoms with Crippen LogP contribution >= 0.6 is 0 Å². The predicted octanol–water partition coefficient (Wildman–Crippen LogP) is 4.09. The van der Waals surface area contributed by atoms with Crippen molar-refractivity contribution in [1.82, 2.24) is 10.6 Å². The summed E-state index contributed by atoms with van der Waals surface area (Å²) in [6, 6.07) is 0.150. The van der Waals surface area contributed by atoms with E-state index in [1.165, 1.54) is 0 Å². The van der Waals surface area contributed by atoms with Gasteiger partial charge in [-0.3, -0.25) is 0 Å². The number of nitrogens with zero attached hydrogens (tertiary/aromatic N) is 1. The molecule has 1 amide bonds. The fraction of sp³-hybridized carbons (Fsp3) is 0.778. The smallest absolute Gasteiger partial charge is 0.409 e. The average molecular weight is 357 g/mol. The van der Waals surface area contributed by atoms with Gasteiger partial charge in [0, 0.05) is 12.6 Å². The molecule has 0 aromatic rings. The first-order chi connectivity index (χ1) is 11.6. The van der Waals surface area contributed by atoms with Gasteiger partial charge in [-0.2, -0.15) is 0 Å². The third-order valence-electron chi connectivity index (χ3n) is 4.48. The van der Waals surface area contributed by atoms with E-state index in [4.69, 9.17) is 4.84 Å². The zero-order chi connectivity index (χ0) is 19.1. The Morgan fingerprint density at radius 2 is 2.04 bits per heavy atom. The molecule has 0 spiro atoms. The Hall–Kier alpha value is -1.79. The van der Waals surface area contributed by atoms with Crippen LogP contribution < -0.4 is 10.6 Å². The van der Waals surface area contributed by atoms with E-state index in [0.717, 1.165) is 31.4 Å². The quantitative estimate of drug-likeness (QED) is 0.390. The van der Waals surface area contributed by atoms with Gasteiger partial charge >= 0.3 is 6.09 Å². The number of alkyl halides is 1. The Morgan fingerprint density at radius 3 is 2.64 bits per heavy atom. The molecule has 0 radical (unpaired) electrons. The fourth-order valence-corrected chi connectivity index (χ4v) is 3.71. The number of nitrogens with one attached hydrogen (secondary N) is 2. The summed E-state index contributed by atoms with van der Waals surface area (Å²) in [5, 5.41) is 9.95. The second-order valence-corrected chi connectivity index (χ2v) is 7.99. The van der Waals surface area contributed by atoms with Gasteiger partial charge in [0.2, 0.25) is 12.7 Å². The van der Waals surface area contributed by atoms with Crippen molar-refractivity contribution in [2.75, 3.05) is 13.4 Å². The number of carbonyl (C=O) groups is 1. The van der Waals surface area contributed by atoms with Crippen LogP contribution in [-0.4, -0.2) is 31.3 Å². The number of hydrogen-bond donors (Lipinski definition) is 2. The summed E-state index contributed by atoms with van der Waals surface area (Å²) in [6.07, 6.45) is 2.81. The van der Waals surface area contributed by atoms with Gasteiger partial charge in [-0.05, 0) is 50.0 Å². The van der Waals surface area contributed by atoms with E-state index in [2.05, 4.69) is 47.9 Å². The highest BCUT2D eigenvalue weighted by atomic mass is 19.1. The Bertz CT molecular complexity index is 508. The van der Waals surface area contributed by atoms with Gasteiger partial charge in [0.15, 0.2) is 0 Å². The fourth-order valence-electron chi connectivity index (χ4n) is 3.71. The summed E-state index contributed by atoms with van der Waals surface area (Å²) >= 11 is 0. The highest BCUT2D eigenvalue weighted by Gasteiger charge is 2.41. The number of oxime groups is 1. The zero-order valence-corrected chi connectivity index (χ0v) is 16.1. The van der Waals surface area contributed by atoms with E-state index in [-0.39, 0.29) is 16.9 Å². The van der Waals surface area contributed by atoms with Gasteiger partial charge < -0.3 is 20.2 Å². The van der Waals surface area contributed by atoms with E-state index in [1.54, 1.807) is 0 Å². The number of carbonyl (C=O) groups excluding carboxylic acids is 1. The summed E-state index contributed by atoms with van der Waals surface area (Å²) in [6.45, 7) is 13.6. The highest BCUT2D eigenvalue weighted by molar-refractivity contribution is 5.80. The summed E-state index contributed by atoms with van der Waals surface area (Å²) < 4.78 is 16.4. The summed E-state index contributed by atoms with van der Waals surface area (Å²) in [7, 11) is 0. The molecule has 0 saturated heterocycles. The number of amides is 1. The van der Waals surface area contributed by atoms with E-state index < -0.39 is 13.0 Å². The molecule has 2 atom stereocenters. The van der Waals surface area contributed by atoms with Crippen molar-refractivity contribution >= 4 is 11.8 Å². The van der Waals surface area contributed by atoms with E-state index in [1.807, 2.05) is 13.8 Å². The van der Waals surface area contributed by atoms with Crippen LogP contribution in [0.15, 0.2) is 17.6 Å². The molecule has 1 fully saturated rings. The van der Waals surface area contributed by atoms with Gasteiger partial charge in [0.1, 0.15) is 0 Å². The van der Waals surface area contributed by atoms with Crippen molar-refractivity contribution in [3.63, 3.8) is 0 Å². The standard InChI is InChI=1S/C18H32FN3O3/c1-7-13(2)22-25-14(3)21-15-8-17(4,5)10-18(6,9-15)11-20-16(23)24-12-19/h15,21H,3,7-12H2,1-2,4-6H3,(H,20,23). The van der Waals surface area contributed by atoms with Gasteiger partial charge in [0.05, 0.1) is 5.71 Å². The molecule has 0 aromatic carbocycles. The lowest BCUT2D eigenvalue weighted by Crippen LogP contribution is -2.49. The number of rotatable bonds is 8. The minimum Gasteiger partial charge on any atom is -0.418 e. The van der Waals surface area contributed by atoms with Crippen molar-refractivity contribution < 1.29 is 18.8 Å². The minimum absolute atomic E-state index is 0.0826. The van der Waals surface area contributed by atoms with Crippen LogP contribution in [0.4, 0.5) is 9.18 Å². The number of hydrogen-bond acceptors (Lipinski definition) is 5. The molecule has 0 aromatic heterocycles. The van der Waals surface area contributed by atoms with Gasteiger partial charge in [0.25, 0.3) is 0 Å². The molecule has 2 unspecified atom stereocenters. The second kappa shape index (κ2) is 9.06. The molecule has 0 heterocycles. The first-order valence-corrected chi connectivity index (χ1v) is 8.72. The van der Waals surface area contributed by atoms with Crippen LogP contribution in [0.3, 0.4) is 0 Å². The summed E-state index contributed by atoms with van der Waals surface area (Å²) in [4.78, 5) is 16.7. The molecule has 144 valence electrons. The predicted molar refractivity (Wildman–Crippen MR) is 96.7 cm³/mol. The molecule has 0 aliphatic heterocycles. The van der Waals surface area contributed by atoms with E-state index in [9.17, 15) is 9.18 Å². The van der Waals surface area contributed by atoms with Crippen LogP contribution in [0.5, 0.6) is 0 Å². The van der Waals surface area contributed by atoms with Crippen molar-refractivity contribution in [1.29, 1.82) is 0 Å². The topological polar surface area (TPSA) is 72.0 Å². The molecule has 2 N–H and O–H groups in total. The second-order valence-electron chi connectivity index (χ2n) is 7.99. The van der Waals surface area contributed by atoms with Crippen molar-refractivity contribution in [3.05, 3.63) is 12.5 Å². The maximum Gasteiger partial charge on any atom is 0.409 e. The first-order valence-electron chi connectivity index (χ1n) is 8.72. The molecule has 0 bridgehead atoms. The monoisotopic (exact) mass is 357 g/mol. The third kappa shape index (κ3) is 7.75. The van der Waals surface area contributed by atoms with Gasteiger partial charge in [-0.15, -0.1) is 0 Å². The summed E-state index contributed by atoms with van der Waals surface area (Å²) in [5.74, 6) is 0.419. The van der Waals surface area contributed by atoms with Crippen LogP contribution in [0.1, 0.15) is 60.3 Å². The minimum atomic E-state index is -1.12. The molecular weight excluding hydrogens is 325 g/mol. The lowest BCUT2D eigenvalue weighted by Gasteiger charge is -2.47. The normalized spacial score (nSPS) is 25.8. The molecule has 1 saturated carbocycles. The van der Waals surface area contributed by atoms with Crippen LogP contribution in [0, 0.1) is 10.8 Å². The molecule has 7 heteroatoms. The van der Waals surface area contributed by atoms with Crippen LogP contribution in [0.25, 0.3) is 0 Å². The van der Waals surface area contributed by atoms with Crippen molar-refractivity contribution in [2.45, 2.75) is 66.3 Å². The first kappa shape index (κ1) is 21.3. The van der Waals surface area contributed by atoms with Crippen molar-refractivity contribution in [3.8, 4) is 0 Å². The average Bonchev–Trinajstić information content (AvgIpc) is 2.49. The molecule has 1 aliphatic rings. The third-order valence-corrected chi connectivity index (χ3v) is 4.48. The lowest BCUT2D eigenvalue weighted by molar-refractivity contribution is 0.0562. The molecule has 1 rings (SSSR count). The van der Waals surface area contributed by atoms with Gasteiger partial charge in [-0.1, -0.05) is 32.9 Å². The number of alkyl carbamates (subject to hydrolysis) is 1. The Kier molecular flexibility index (Phi) is 7.70. The molecular formula is C18H32FN3O3. The highest BCUT2D eigenvalue weighted by Crippen LogP contribution is 2.45. The molecule has 25 heavy (non-hydrogen) atoms. The van der Waals surface area contributed by atoms with E-state index in [0.29, 0.717) is 12.4 Å². The van der Waals surface area contributed by atoms with Gasteiger partial charge in [-0.25, -0.2) is 9.18 Å². The largest absolute Gasteiger partial charge is 0.418 e. The summed E-state index contributed by atoms with van der Waals surface area (Å²) in [5.41, 5.74) is 0.837. The Morgan fingerprint density at radius 1 is 1.36 bits per heavy atom. The van der Waals surface area contributed by atoms with Crippen LogP contribution in [0.2, 0.25) is 0 Å². The number of halogens is 1. The zero-order valence-electron chi connectivity index (χ0n) is 16.1. The maximum atomic E-state index is 12.1. The van der Waals surface area contributed by atoms with E-state index >= 15 is 0 Å². The van der Waals surface area contributed by atoms with Crippen molar-refractivity contribution in [2.24, 2.45) is 16.0 Å². The Balaban J connectivity index is 2.66. The lowest BCUT2D eigenvalue weighted by atomic mass is 9.62. The number of ether oxygens (including phenoxy) is 1. The molecule has 1 aliphatic carbocycles. The molecule has 6 nitrogen and oxygen atoms in total. The van der Waals surface area contributed by atoms with Crippen LogP contribution in [-0.2, 0) is 9.57 Å².